The molecule has 3 aromatic carbocycles. The van der Waals surface area contributed by atoms with E-state index in [0.29, 0.717) is 40.5 Å². The molecule has 0 spiro atoms. The normalized spacial score (nSPS) is 12.0. The molecule has 5 rings (SSSR count). The van der Waals surface area contributed by atoms with Crippen molar-refractivity contribution in [2.24, 2.45) is 7.05 Å². The summed E-state index contributed by atoms with van der Waals surface area (Å²) in [7, 11) is 4.15. The van der Waals surface area contributed by atoms with Gasteiger partial charge < -0.3 is 32.9 Å². The molecule has 5 aromatic rings. The van der Waals surface area contributed by atoms with E-state index in [-0.39, 0.29) is 17.1 Å². The Morgan fingerprint density at radius 3 is 2.20 bits per heavy atom. The zero-order valence-electron chi connectivity index (χ0n) is 29.4. The lowest BCUT2D eigenvalue weighted by Crippen LogP contribution is -2.40. The first-order valence-electron chi connectivity index (χ1n) is 15.9. The maximum Gasteiger partial charge on any atom is 0.347 e. The number of halogens is 1. The van der Waals surface area contributed by atoms with E-state index in [0.717, 1.165) is 23.7 Å². The van der Waals surface area contributed by atoms with Crippen LogP contribution in [0.1, 0.15) is 42.4 Å². The van der Waals surface area contributed by atoms with E-state index >= 15 is 0 Å². The summed E-state index contributed by atoms with van der Waals surface area (Å²) in [5.74, 6) is -1.03. The molecular formula is C38H43FN2O7Si. The van der Waals surface area contributed by atoms with Crippen LogP contribution in [-0.2, 0) is 29.4 Å². The molecule has 0 amide bonds. The van der Waals surface area contributed by atoms with Crippen LogP contribution in [0, 0.1) is 5.82 Å². The maximum absolute atomic E-state index is 14.3. The lowest BCUT2D eigenvalue weighted by molar-refractivity contribution is 0.0594. The van der Waals surface area contributed by atoms with Crippen LogP contribution in [-0.4, -0.2) is 49.9 Å². The van der Waals surface area contributed by atoms with Crippen LogP contribution >= 0.6 is 0 Å². The SMILES string of the molecule is COC(=O)c1c(O)c(-c2ccc(F)cc2)c(-c2ccc3c(c2)cc(CO[Si](C)(C)C(C)(C)C)n3C)n(Cc2ccc(OC)cc2OC)c1=O. The molecule has 0 fully saturated rings. The molecule has 0 saturated heterocycles. The van der Waals surface area contributed by atoms with Crippen molar-refractivity contribution in [3.63, 3.8) is 0 Å². The van der Waals surface area contributed by atoms with Gasteiger partial charge in [-0.05, 0) is 71.7 Å². The van der Waals surface area contributed by atoms with Crippen molar-refractivity contribution in [2.75, 3.05) is 21.3 Å². The van der Waals surface area contributed by atoms with Crippen molar-refractivity contribution in [1.29, 1.82) is 0 Å². The van der Waals surface area contributed by atoms with E-state index in [1.54, 1.807) is 25.3 Å². The molecule has 0 bridgehead atoms. The van der Waals surface area contributed by atoms with Crippen molar-refractivity contribution in [2.45, 2.75) is 52.1 Å². The molecule has 0 radical (unpaired) electrons. The third-order valence-corrected chi connectivity index (χ3v) is 14.1. The number of rotatable bonds is 10. The number of esters is 1. The molecule has 0 aliphatic rings. The van der Waals surface area contributed by atoms with Gasteiger partial charge in [0.2, 0.25) is 0 Å². The number of carbonyl (C=O) groups excluding carboxylic acids is 1. The van der Waals surface area contributed by atoms with Crippen molar-refractivity contribution in [1.82, 2.24) is 9.13 Å². The lowest BCUT2D eigenvalue weighted by atomic mass is 9.94. The number of carbonyl (C=O) groups is 1. The Bertz CT molecular complexity index is 2090. The van der Waals surface area contributed by atoms with Crippen LogP contribution in [0.5, 0.6) is 17.2 Å². The van der Waals surface area contributed by atoms with Crippen molar-refractivity contribution in [3.8, 4) is 39.6 Å². The summed E-state index contributed by atoms with van der Waals surface area (Å²) in [5, 5.41) is 12.6. The zero-order valence-corrected chi connectivity index (χ0v) is 30.4. The number of aromatic nitrogens is 2. The molecule has 11 heteroatoms. The highest BCUT2D eigenvalue weighted by Crippen LogP contribution is 2.42. The third-order valence-electron chi connectivity index (χ3n) is 9.59. The zero-order chi connectivity index (χ0) is 35.8. The number of benzene rings is 3. The van der Waals surface area contributed by atoms with Crippen molar-refractivity contribution in [3.05, 3.63) is 99.7 Å². The molecule has 2 aromatic heterocycles. The average Bonchev–Trinajstić information content (AvgIpc) is 3.39. The highest BCUT2D eigenvalue weighted by Gasteiger charge is 2.37. The molecular weight excluding hydrogens is 644 g/mol. The van der Waals surface area contributed by atoms with Gasteiger partial charge in [-0.15, -0.1) is 0 Å². The minimum absolute atomic E-state index is 0.0434. The Labute approximate surface area is 286 Å². The first-order chi connectivity index (χ1) is 23.1. The fourth-order valence-electron chi connectivity index (χ4n) is 5.65. The Balaban J connectivity index is 1.79. The Morgan fingerprint density at radius 1 is 0.918 bits per heavy atom. The number of hydrogen-bond acceptors (Lipinski definition) is 7. The molecule has 0 aliphatic carbocycles. The summed E-state index contributed by atoms with van der Waals surface area (Å²) < 4.78 is 40.2. The molecule has 1 N–H and O–H groups in total. The standard InChI is InChI=1S/C38H43FN2O7Si/c1-38(2,3)49(8,9)48-22-28-19-26-18-24(13-17-30(26)40(28)4)34-32(23-10-14-27(39)15-11-23)35(42)33(37(44)47-7)36(43)41(34)21-25-12-16-29(45-5)20-31(25)46-6/h10-20,42H,21-22H2,1-9H3. The van der Waals surface area contributed by atoms with Crippen LogP contribution in [0.2, 0.25) is 18.1 Å². The number of fused-ring (bicyclic) bond motifs is 1. The fraction of sp³-hybridized carbons (Fsp3) is 0.316. The molecule has 0 aliphatic heterocycles. The number of methoxy groups -OCH3 is 3. The van der Waals surface area contributed by atoms with E-state index in [1.807, 2.05) is 25.2 Å². The number of aromatic hydroxyl groups is 1. The Kier molecular flexibility index (Phi) is 9.81. The third kappa shape index (κ3) is 6.73. The van der Waals surface area contributed by atoms with Crippen LogP contribution in [0.15, 0.2) is 71.5 Å². The van der Waals surface area contributed by atoms with Gasteiger partial charge in [0.05, 0.1) is 40.2 Å². The molecule has 9 nitrogen and oxygen atoms in total. The molecule has 0 atom stereocenters. The predicted octanol–water partition coefficient (Wildman–Crippen LogP) is 7.89. The van der Waals surface area contributed by atoms with Gasteiger partial charge in [-0.1, -0.05) is 39.0 Å². The predicted molar refractivity (Wildman–Crippen MR) is 192 cm³/mol. The van der Waals surface area contributed by atoms with Gasteiger partial charge in [0.1, 0.15) is 23.1 Å². The van der Waals surface area contributed by atoms with Crippen molar-refractivity contribution < 1.29 is 32.9 Å². The molecule has 0 unspecified atom stereocenters. The van der Waals surface area contributed by atoms with Gasteiger partial charge in [0.15, 0.2) is 13.9 Å². The highest BCUT2D eigenvalue weighted by atomic mass is 28.4. The van der Waals surface area contributed by atoms with Gasteiger partial charge in [0.25, 0.3) is 5.56 Å². The lowest BCUT2D eigenvalue weighted by Gasteiger charge is -2.36. The maximum atomic E-state index is 14.3. The van der Waals surface area contributed by atoms with Gasteiger partial charge >= 0.3 is 5.97 Å². The summed E-state index contributed by atoms with van der Waals surface area (Å²) in [6.07, 6.45) is 0. The van der Waals surface area contributed by atoms with E-state index in [4.69, 9.17) is 18.6 Å². The summed E-state index contributed by atoms with van der Waals surface area (Å²) in [5.41, 5.74) is 2.72. The molecule has 0 saturated carbocycles. The van der Waals surface area contributed by atoms with Crippen LogP contribution in [0.25, 0.3) is 33.3 Å². The van der Waals surface area contributed by atoms with Gasteiger partial charge in [-0.3, -0.25) is 4.79 Å². The summed E-state index contributed by atoms with van der Waals surface area (Å²) in [4.78, 5) is 27.3. The minimum atomic E-state index is -2.02. The monoisotopic (exact) mass is 686 g/mol. The van der Waals surface area contributed by atoms with Gasteiger partial charge in [-0.2, -0.15) is 0 Å². The average molecular weight is 687 g/mol. The fourth-order valence-corrected chi connectivity index (χ4v) is 6.59. The smallest absolute Gasteiger partial charge is 0.347 e. The Hall–Kier alpha value is -4.87. The number of hydrogen-bond donors (Lipinski definition) is 1. The van der Waals surface area contributed by atoms with Crippen molar-refractivity contribution >= 4 is 25.2 Å². The molecule has 49 heavy (non-hydrogen) atoms. The number of aryl methyl sites for hydroxylation is 1. The van der Waals surface area contributed by atoms with E-state index in [1.165, 1.54) is 35.9 Å². The van der Waals surface area contributed by atoms with Gasteiger partial charge in [0, 0.05) is 40.8 Å². The Morgan fingerprint density at radius 2 is 1.59 bits per heavy atom. The second-order valence-electron chi connectivity index (χ2n) is 13.5. The summed E-state index contributed by atoms with van der Waals surface area (Å²) in [6.45, 7) is 11.4. The summed E-state index contributed by atoms with van der Waals surface area (Å²) in [6, 6.07) is 18.5. The van der Waals surface area contributed by atoms with E-state index in [2.05, 4.69) is 44.5 Å². The van der Waals surface area contributed by atoms with E-state index < -0.39 is 37.0 Å². The number of ether oxygens (including phenoxy) is 3. The quantitative estimate of drug-likeness (QED) is 0.118. The second-order valence-corrected chi connectivity index (χ2v) is 18.3. The van der Waals surface area contributed by atoms with Crippen LogP contribution in [0.4, 0.5) is 4.39 Å². The first kappa shape index (κ1) is 35.4. The first-order valence-corrected chi connectivity index (χ1v) is 18.8. The number of nitrogens with zero attached hydrogens (tertiary/aromatic N) is 2. The topological polar surface area (TPSA) is 101 Å². The van der Waals surface area contributed by atoms with Crippen LogP contribution in [0.3, 0.4) is 0 Å². The number of pyridine rings is 1. The molecule has 2 heterocycles. The van der Waals surface area contributed by atoms with Gasteiger partial charge in [-0.25, -0.2) is 9.18 Å². The largest absolute Gasteiger partial charge is 0.506 e. The minimum Gasteiger partial charge on any atom is -0.506 e. The second kappa shape index (κ2) is 13.6. The van der Waals surface area contributed by atoms with Crippen LogP contribution < -0.4 is 15.0 Å². The summed E-state index contributed by atoms with van der Waals surface area (Å²) >= 11 is 0. The highest BCUT2D eigenvalue weighted by molar-refractivity contribution is 6.74. The van der Waals surface area contributed by atoms with E-state index in [9.17, 15) is 19.1 Å². The molecule has 258 valence electrons.